The Hall–Kier alpha value is -0.100. The maximum Gasteiger partial charge on any atom is 0.138 e. The molecule has 0 radical (unpaired) electrons. The first kappa shape index (κ1) is 10.4. The number of para-hydroxylation sites is 1. The van der Waals surface area contributed by atoms with Gasteiger partial charge in [-0.1, -0.05) is 17.7 Å². The standard InChI is InChI=1S/C8H6Br2ClN3/c9-7-8(12)14(10)6-4(11)2-1-3-5(6)13-7/h1-3,8H,12H2. The van der Waals surface area contributed by atoms with Gasteiger partial charge in [0.25, 0.3) is 0 Å². The number of nitrogens with zero attached hydrogens (tertiary/aromatic N) is 2. The fourth-order valence-corrected chi connectivity index (χ4v) is 2.82. The molecular formula is C8H6Br2ClN3. The molecule has 1 aromatic rings. The number of fused-ring (bicyclic) bond motifs is 1. The van der Waals surface area contributed by atoms with Crippen molar-refractivity contribution in [3.05, 3.63) is 23.2 Å². The summed E-state index contributed by atoms with van der Waals surface area (Å²) in [7, 11) is 0. The Balaban J connectivity index is 2.63. The van der Waals surface area contributed by atoms with E-state index in [9.17, 15) is 0 Å². The summed E-state index contributed by atoms with van der Waals surface area (Å²) < 4.78 is 2.38. The quantitative estimate of drug-likeness (QED) is 0.738. The average molecular weight is 339 g/mol. The number of rotatable bonds is 0. The molecule has 0 saturated carbocycles. The van der Waals surface area contributed by atoms with Crippen LogP contribution in [0.2, 0.25) is 5.02 Å². The second-order valence-electron chi connectivity index (χ2n) is 2.80. The van der Waals surface area contributed by atoms with Crippen molar-refractivity contribution in [2.75, 3.05) is 3.93 Å². The van der Waals surface area contributed by atoms with Crippen LogP contribution in [0.3, 0.4) is 0 Å². The zero-order valence-corrected chi connectivity index (χ0v) is 10.8. The summed E-state index contributed by atoms with van der Waals surface area (Å²) >= 11 is 12.7. The van der Waals surface area contributed by atoms with Gasteiger partial charge in [-0.05, 0) is 28.1 Å². The van der Waals surface area contributed by atoms with E-state index >= 15 is 0 Å². The molecule has 14 heavy (non-hydrogen) atoms. The number of hydrogen-bond acceptors (Lipinski definition) is 3. The van der Waals surface area contributed by atoms with Gasteiger partial charge in [0, 0.05) is 0 Å². The first-order valence-corrected chi connectivity index (χ1v) is 5.72. The molecule has 0 bridgehead atoms. The largest absolute Gasteiger partial charge is 0.305 e. The lowest BCUT2D eigenvalue weighted by atomic mass is 10.2. The van der Waals surface area contributed by atoms with Gasteiger partial charge in [-0.2, -0.15) is 0 Å². The normalized spacial score (nSPS) is 20.4. The fraction of sp³-hybridized carbons (Fsp3) is 0.125. The van der Waals surface area contributed by atoms with Gasteiger partial charge < -0.3 is 5.73 Å². The number of aliphatic imine (C=N–C) groups is 1. The van der Waals surface area contributed by atoms with E-state index in [-0.39, 0.29) is 6.17 Å². The molecule has 2 N–H and O–H groups in total. The molecule has 1 aliphatic heterocycles. The molecule has 1 heterocycles. The summed E-state index contributed by atoms with van der Waals surface area (Å²) in [5, 5.41) is 0.624. The molecule has 1 aliphatic rings. The summed E-state index contributed by atoms with van der Waals surface area (Å²) in [6, 6.07) is 5.53. The van der Waals surface area contributed by atoms with E-state index in [0.29, 0.717) is 9.64 Å². The Morgan fingerprint density at radius 2 is 2.21 bits per heavy atom. The topological polar surface area (TPSA) is 41.6 Å². The van der Waals surface area contributed by atoms with Crippen molar-refractivity contribution in [3.8, 4) is 0 Å². The smallest absolute Gasteiger partial charge is 0.138 e. The summed E-state index contributed by atoms with van der Waals surface area (Å²) in [4.78, 5) is 4.29. The number of anilines is 1. The van der Waals surface area contributed by atoms with E-state index in [0.717, 1.165) is 11.4 Å². The van der Waals surface area contributed by atoms with Crippen LogP contribution in [0.25, 0.3) is 0 Å². The fourth-order valence-electron chi connectivity index (χ4n) is 1.22. The van der Waals surface area contributed by atoms with E-state index in [1.807, 2.05) is 12.1 Å². The van der Waals surface area contributed by atoms with Crippen LogP contribution in [-0.2, 0) is 0 Å². The minimum absolute atomic E-state index is 0.345. The molecule has 1 atom stereocenters. The predicted molar refractivity (Wildman–Crippen MR) is 66.9 cm³/mol. The molecular weight excluding hydrogens is 333 g/mol. The van der Waals surface area contributed by atoms with Crippen LogP contribution >= 0.6 is 43.7 Å². The zero-order chi connectivity index (χ0) is 10.3. The molecule has 0 saturated heterocycles. The van der Waals surface area contributed by atoms with Gasteiger partial charge in [0.1, 0.15) is 10.8 Å². The highest BCUT2D eigenvalue weighted by molar-refractivity contribution is 9.18. The second kappa shape index (κ2) is 3.81. The highest BCUT2D eigenvalue weighted by atomic mass is 79.9. The molecule has 1 aromatic carbocycles. The number of benzene rings is 1. The van der Waals surface area contributed by atoms with E-state index in [1.165, 1.54) is 0 Å². The lowest BCUT2D eigenvalue weighted by molar-refractivity contribution is 0.931. The molecule has 6 heteroatoms. The predicted octanol–water partition coefficient (Wildman–Crippen LogP) is 3.18. The van der Waals surface area contributed by atoms with Gasteiger partial charge >= 0.3 is 0 Å². The third-order valence-electron chi connectivity index (χ3n) is 1.89. The molecule has 74 valence electrons. The first-order chi connectivity index (χ1) is 6.61. The maximum absolute atomic E-state index is 6.04. The van der Waals surface area contributed by atoms with Crippen LogP contribution in [0.5, 0.6) is 0 Å². The van der Waals surface area contributed by atoms with Crippen LogP contribution in [0.1, 0.15) is 0 Å². The van der Waals surface area contributed by atoms with Gasteiger partial charge in [-0.15, -0.1) is 0 Å². The lowest BCUT2D eigenvalue weighted by Gasteiger charge is -2.29. The van der Waals surface area contributed by atoms with Crippen LogP contribution in [0, 0.1) is 0 Å². The van der Waals surface area contributed by atoms with Gasteiger partial charge in [-0.25, -0.2) is 4.99 Å². The molecule has 1 unspecified atom stereocenters. The van der Waals surface area contributed by atoms with Crippen molar-refractivity contribution in [1.82, 2.24) is 0 Å². The minimum atomic E-state index is -0.345. The second-order valence-corrected chi connectivity index (χ2v) is 4.78. The van der Waals surface area contributed by atoms with E-state index in [2.05, 4.69) is 37.1 Å². The third kappa shape index (κ3) is 1.58. The van der Waals surface area contributed by atoms with Gasteiger partial charge in [0.15, 0.2) is 0 Å². The number of nitrogens with two attached hydrogens (primary N) is 1. The third-order valence-corrected chi connectivity index (χ3v) is 3.64. The van der Waals surface area contributed by atoms with Gasteiger partial charge in [0.2, 0.25) is 0 Å². The van der Waals surface area contributed by atoms with Gasteiger partial charge in [-0.3, -0.25) is 3.93 Å². The Labute approximate surface area is 103 Å². The number of halogens is 3. The Kier molecular flexibility index (Phi) is 2.83. The highest BCUT2D eigenvalue weighted by Crippen LogP contribution is 2.41. The summed E-state index contributed by atoms with van der Waals surface area (Å²) in [6.07, 6.45) is -0.345. The molecule has 0 aliphatic carbocycles. The van der Waals surface area contributed by atoms with Crippen molar-refractivity contribution in [1.29, 1.82) is 0 Å². The van der Waals surface area contributed by atoms with Crippen molar-refractivity contribution < 1.29 is 0 Å². The molecule has 0 fully saturated rings. The lowest BCUT2D eigenvalue weighted by Crippen LogP contribution is -2.41. The Bertz CT molecular complexity index is 408. The molecule has 0 spiro atoms. The first-order valence-electron chi connectivity index (χ1n) is 3.84. The molecule has 2 rings (SSSR count). The van der Waals surface area contributed by atoms with Crippen molar-refractivity contribution in [2.45, 2.75) is 6.17 Å². The SMILES string of the molecule is NC1C(Br)=Nc2cccc(Cl)c2N1Br. The van der Waals surface area contributed by atoms with Crippen LogP contribution in [-0.4, -0.2) is 10.8 Å². The Morgan fingerprint density at radius 1 is 1.50 bits per heavy atom. The summed E-state index contributed by atoms with van der Waals surface area (Å²) in [5.74, 6) is 0. The Morgan fingerprint density at radius 3 is 2.93 bits per heavy atom. The molecule has 0 amide bonds. The zero-order valence-electron chi connectivity index (χ0n) is 6.92. The van der Waals surface area contributed by atoms with Crippen molar-refractivity contribution >= 4 is 59.7 Å². The van der Waals surface area contributed by atoms with Crippen molar-refractivity contribution in [3.63, 3.8) is 0 Å². The van der Waals surface area contributed by atoms with Crippen LogP contribution in [0.4, 0.5) is 11.4 Å². The van der Waals surface area contributed by atoms with E-state index < -0.39 is 0 Å². The highest BCUT2D eigenvalue weighted by Gasteiger charge is 2.26. The average Bonchev–Trinajstić information content (AvgIpc) is 2.14. The molecule has 3 nitrogen and oxygen atoms in total. The summed E-state index contributed by atoms with van der Waals surface area (Å²) in [5.41, 5.74) is 7.44. The van der Waals surface area contributed by atoms with E-state index in [1.54, 1.807) is 9.99 Å². The van der Waals surface area contributed by atoms with Crippen LogP contribution < -0.4 is 9.66 Å². The molecule has 0 aromatic heterocycles. The monoisotopic (exact) mass is 337 g/mol. The van der Waals surface area contributed by atoms with Crippen molar-refractivity contribution in [2.24, 2.45) is 10.7 Å². The van der Waals surface area contributed by atoms with Crippen LogP contribution in [0.15, 0.2) is 23.2 Å². The van der Waals surface area contributed by atoms with E-state index in [4.69, 9.17) is 17.3 Å². The minimum Gasteiger partial charge on any atom is -0.305 e. The van der Waals surface area contributed by atoms with Gasteiger partial charge in [0.05, 0.1) is 32.5 Å². The number of hydrogen-bond donors (Lipinski definition) is 1. The maximum atomic E-state index is 6.04. The summed E-state index contributed by atoms with van der Waals surface area (Å²) in [6.45, 7) is 0.